The zero-order valence-electron chi connectivity index (χ0n) is 16.3. The van der Waals surface area contributed by atoms with Crippen molar-refractivity contribution in [3.05, 3.63) is 82.9 Å². The van der Waals surface area contributed by atoms with E-state index in [4.69, 9.17) is 21.1 Å². The van der Waals surface area contributed by atoms with Crippen LogP contribution in [-0.2, 0) is 19.9 Å². The molecular formula is C22H17ClFN3O4. The Morgan fingerprint density at radius 1 is 1.23 bits per heavy atom. The van der Waals surface area contributed by atoms with Crippen molar-refractivity contribution in [2.45, 2.75) is 5.54 Å². The van der Waals surface area contributed by atoms with Crippen molar-refractivity contribution in [2.24, 2.45) is 4.99 Å². The second kappa shape index (κ2) is 8.61. The number of nitrogens with one attached hydrogen (secondary N) is 1. The van der Waals surface area contributed by atoms with Gasteiger partial charge in [0.25, 0.3) is 0 Å². The first-order valence-corrected chi connectivity index (χ1v) is 9.57. The third-order valence-electron chi connectivity index (χ3n) is 4.95. The highest BCUT2D eigenvalue weighted by atomic mass is 35.5. The Kier molecular flexibility index (Phi) is 5.73. The van der Waals surface area contributed by atoms with E-state index in [-0.39, 0.29) is 19.1 Å². The van der Waals surface area contributed by atoms with Gasteiger partial charge in [0.1, 0.15) is 18.2 Å². The lowest BCUT2D eigenvalue weighted by Crippen LogP contribution is -2.27. The normalized spacial score (nSPS) is 17.5. The first kappa shape index (κ1) is 20.6. The van der Waals surface area contributed by atoms with E-state index in [0.717, 1.165) is 0 Å². The predicted molar refractivity (Wildman–Crippen MR) is 112 cm³/mol. The average Bonchev–Trinajstić information content (AvgIpc) is 3.24. The molecule has 1 N–H and O–H groups in total. The van der Waals surface area contributed by atoms with Crippen LogP contribution >= 0.6 is 11.6 Å². The van der Waals surface area contributed by atoms with Gasteiger partial charge in [-0.15, -0.1) is 0 Å². The number of carbonyl (C=O) groups is 1. The Labute approximate surface area is 182 Å². The molecule has 0 bridgehead atoms. The zero-order chi connectivity index (χ0) is 21.8. The minimum absolute atomic E-state index is 0.00583. The van der Waals surface area contributed by atoms with Crippen LogP contribution in [0.25, 0.3) is 11.1 Å². The van der Waals surface area contributed by atoms with Gasteiger partial charge in [0, 0.05) is 23.5 Å². The molecule has 0 saturated heterocycles. The van der Waals surface area contributed by atoms with Gasteiger partial charge in [-0.2, -0.15) is 5.48 Å². The summed E-state index contributed by atoms with van der Waals surface area (Å²) in [4.78, 5) is 23.8. The van der Waals surface area contributed by atoms with E-state index in [0.29, 0.717) is 33.0 Å². The van der Waals surface area contributed by atoms with Crippen molar-refractivity contribution in [3.63, 3.8) is 0 Å². The van der Waals surface area contributed by atoms with Crippen molar-refractivity contribution in [2.75, 3.05) is 13.7 Å². The summed E-state index contributed by atoms with van der Waals surface area (Å²) in [5.74, 6) is 0.103. The molecule has 1 atom stereocenters. The maximum atomic E-state index is 14.7. The van der Waals surface area contributed by atoms with E-state index in [2.05, 4.69) is 20.3 Å². The Hall–Kier alpha value is -3.65. The molecule has 1 unspecified atom stereocenters. The lowest BCUT2D eigenvalue weighted by Gasteiger charge is -2.26. The van der Waals surface area contributed by atoms with Crippen LogP contribution in [0.15, 0.2) is 65.9 Å². The standard InChI is InChI=1S/C22H17ClFN3O4/c1-29-20-7-5-16(10-18(20)23)22(12-30-21(26-22)27-31-13-28)15-4-6-19(24)17(9-15)14-3-2-8-25-11-14/h2-11,13H,12H2,1H3,(H,26,27). The summed E-state index contributed by atoms with van der Waals surface area (Å²) < 4.78 is 25.5. The maximum absolute atomic E-state index is 14.7. The SMILES string of the molecule is COc1ccc(C2(c3ccc(F)c(-c4cccnc4)c3)COC(NOC=O)=N2)cc1Cl. The smallest absolute Gasteiger partial charge is 0.320 e. The first-order chi connectivity index (χ1) is 15.1. The third-order valence-corrected chi connectivity index (χ3v) is 5.25. The molecular weight excluding hydrogens is 425 g/mol. The number of carbonyl (C=O) groups excluding carboxylic acids is 1. The number of rotatable bonds is 6. The van der Waals surface area contributed by atoms with Crippen molar-refractivity contribution >= 4 is 24.1 Å². The summed E-state index contributed by atoms with van der Waals surface area (Å²) >= 11 is 6.36. The van der Waals surface area contributed by atoms with Gasteiger partial charge in [0.2, 0.25) is 0 Å². The molecule has 0 fully saturated rings. The first-order valence-electron chi connectivity index (χ1n) is 9.20. The highest BCUT2D eigenvalue weighted by Crippen LogP contribution is 2.41. The predicted octanol–water partition coefficient (Wildman–Crippen LogP) is 3.86. The Morgan fingerprint density at radius 2 is 2.03 bits per heavy atom. The summed E-state index contributed by atoms with van der Waals surface area (Å²) in [7, 11) is 1.52. The van der Waals surface area contributed by atoms with Gasteiger partial charge < -0.3 is 14.3 Å². The highest BCUT2D eigenvalue weighted by Gasteiger charge is 2.41. The van der Waals surface area contributed by atoms with Crippen LogP contribution in [-0.4, -0.2) is 31.2 Å². The second-order valence-electron chi connectivity index (χ2n) is 6.67. The number of ether oxygens (including phenoxy) is 2. The molecule has 9 heteroatoms. The largest absolute Gasteiger partial charge is 0.495 e. The van der Waals surface area contributed by atoms with Crippen molar-refractivity contribution < 1.29 is 23.5 Å². The van der Waals surface area contributed by atoms with Crippen LogP contribution in [0.2, 0.25) is 5.02 Å². The van der Waals surface area contributed by atoms with Gasteiger partial charge in [-0.3, -0.25) is 9.78 Å². The minimum Gasteiger partial charge on any atom is -0.495 e. The molecule has 1 aliphatic rings. The minimum atomic E-state index is -1.07. The number of hydroxylamine groups is 1. The number of aromatic nitrogens is 1. The molecule has 158 valence electrons. The molecule has 0 amide bonds. The number of aliphatic imine (C=N–C) groups is 1. The molecule has 31 heavy (non-hydrogen) atoms. The quantitative estimate of drug-likeness (QED) is 0.462. The van der Waals surface area contributed by atoms with Crippen LogP contribution in [0.5, 0.6) is 5.75 Å². The lowest BCUT2D eigenvalue weighted by molar-refractivity contribution is -0.132. The highest BCUT2D eigenvalue weighted by molar-refractivity contribution is 6.32. The number of nitrogens with zero attached hydrogens (tertiary/aromatic N) is 2. The van der Waals surface area contributed by atoms with E-state index in [9.17, 15) is 9.18 Å². The number of hydrogen-bond donors (Lipinski definition) is 1. The van der Waals surface area contributed by atoms with Crippen LogP contribution in [0.4, 0.5) is 4.39 Å². The molecule has 1 aromatic heterocycles. The monoisotopic (exact) mass is 441 g/mol. The van der Waals surface area contributed by atoms with Crippen LogP contribution in [0.3, 0.4) is 0 Å². The number of methoxy groups -OCH3 is 1. The van der Waals surface area contributed by atoms with Gasteiger partial charge in [0.05, 0.1) is 12.1 Å². The van der Waals surface area contributed by atoms with Gasteiger partial charge in [-0.05, 0) is 41.5 Å². The molecule has 4 rings (SSSR count). The summed E-state index contributed by atoms with van der Waals surface area (Å²) in [6.45, 7) is 0.285. The van der Waals surface area contributed by atoms with E-state index in [1.54, 1.807) is 54.9 Å². The number of hydrogen-bond acceptors (Lipinski definition) is 7. The molecule has 0 radical (unpaired) electrons. The molecule has 0 saturated carbocycles. The second-order valence-corrected chi connectivity index (χ2v) is 7.07. The van der Waals surface area contributed by atoms with Crippen molar-refractivity contribution in [1.82, 2.24) is 10.5 Å². The fourth-order valence-corrected chi connectivity index (χ4v) is 3.71. The van der Waals surface area contributed by atoms with Gasteiger partial charge in [-0.25, -0.2) is 9.38 Å². The van der Waals surface area contributed by atoms with Crippen molar-refractivity contribution in [3.8, 4) is 16.9 Å². The van der Waals surface area contributed by atoms with Gasteiger partial charge in [0.15, 0.2) is 5.54 Å². The van der Waals surface area contributed by atoms with Crippen LogP contribution in [0.1, 0.15) is 11.1 Å². The maximum Gasteiger partial charge on any atom is 0.320 e. The summed E-state index contributed by atoms with van der Waals surface area (Å²) in [6, 6.07) is 13.4. The van der Waals surface area contributed by atoms with E-state index in [1.807, 2.05) is 0 Å². The van der Waals surface area contributed by atoms with Crippen LogP contribution in [0, 0.1) is 5.82 Å². The zero-order valence-corrected chi connectivity index (χ0v) is 17.1. The van der Waals surface area contributed by atoms with Crippen molar-refractivity contribution in [1.29, 1.82) is 0 Å². The van der Waals surface area contributed by atoms with Gasteiger partial charge in [-0.1, -0.05) is 29.8 Å². The Balaban J connectivity index is 1.88. The number of pyridine rings is 1. The topological polar surface area (TPSA) is 82.0 Å². The van der Waals surface area contributed by atoms with Crippen LogP contribution < -0.4 is 10.2 Å². The van der Waals surface area contributed by atoms with E-state index in [1.165, 1.54) is 13.2 Å². The van der Waals surface area contributed by atoms with Gasteiger partial charge >= 0.3 is 12.5 Å². The Morgan fingerprint density at radius 3 is 2.74 bits per heavy atom. The molecule has 0 spiro atoms. The Bertz CT molecular complexity index is 1140. The summed E-state index contributed by atoms with van der Waals surface area (Å²) in [6.07, 6.45) is 3.20. The van der Waals surface area contributed by atoms with E-state index < -0.39 is 11.4 Å². The fraction of sp³-hybridized carbons (Fsp3) is 0.136. The number of amidine groups is 1. The molecule has 3 aromatic rings. The number of benzene rings is 2. The van der Waals surface area contributed by atoms with E-state index >= 15 is 0 Å². The third kappa shape index (κ3) is 3.89. The molecule has 1 aliphatic heterocycles. The molecule has 2 aromatic carbocycles. The molecule has 2 heterocycles. The fourth-order valence-electron chi connectivity index (χ4n) is 3.45. The average molecular weight is 442 g/mol. The molecule has 0 aliphatic carbocycles. The lowest BCUT2D eigenvalue weighted by atomic mass is 9.83. The molecule has 7 nitrogen and oxygen atoms in total. The number of halogens is 2. The summed E-state index contributed by atoms with van der Waals surface area (Å²) in [5, 5.41) is 0.384. The summed E-state index contributed by atoms with van der Waals surface area (Å²) in [5.41, 5.74) is 3.59.